The molecule has 5 heteroatoms. The predicted molar refractivity (Wildman–Crippen MR) is 131 cm³/mol. The van der Waals surface area contributed by atoms with E-state index in [4.69, 9.17) is 14.2 Å². The lowest BCUT2D eigenvalue weighted by Gasteiger charge is -2.14. The summed E-state index contributed by atoms with van der Waals surface area (Å²) in [6.07, 6.45) is 7.75. The van der Waals surface area contributed by atoms with Gasteiger partial charge < -0.3 is 14.2 Å². The first kappa shape index (κ1) is 26.6. The number of hydrogen-bond donors (Lipinski definition) is 0. The normalized spacial score (nSPS) is 11.7. The first-order valence-corrected chi connectivity index (χ1v) is 12.2. The standard InChI is InChI=1S/C28H38O5/c1-4-6-8-9-10-11-27(29)33-26-18-16-24(17-19-26)23-12-14-25(15-13-23)28(30)32-22(3)21-31-20-7-5-2/h12-19,22H,4-11,20-21H2,1-3H3. The van der Waals surface area contributed by atoms with E-state index in [0.29, 0.717) is 30.9 Å². The van der Waals surface area contributed by atoms with E-state index in [1.54, 1.807) is 24.3 Å². The molecule has 2 rings (SSSR count). The van der Waals surface area contributed by atoms with Crippen molar-refractivity contribution >= 4 is 11.9 Å². The third-order valence-electron chi connectivity index (χ3n) is 5.33. The molecule has 33 heavy (non-hydrogen) atoms. The van der Waals surface area contributed by atoms with Gasteiger partial charge in [-0.25, -0.2) is 4.79 Å². The van der Waals surface area contributed by atoms with Gasteiger partial charge in [-0.05, 0) is 55.2 Å². The monoisotopic (exact) mass is 454 g/mol. The fourth-order valence-corrected chi connectivity index (χ4v) is 3.35. The Morgan fingerprint density at radius 2 is 1.39 bits per heavy atom. The van der Waals surface area contributed by atoms with Gasteiger partial charge in [0.1, 0.15) is 11.9 Å². The molecule has 0 radical (unpaired) electrons. The summed E-state index contributed by atoms with van der Waals surface area (Å²) >= 11 is 0. The summed E-state index contributed by atoms with van der Waals surface area (Å²) in [4.78, 5) is 24.3. The highest BCUT2D eigenvalue weighted by atomic mass is 16.6. The molecule has 0 bridgehead atoms. The van der Waals surface area contributed by atoms with Gasteiger partial charge >= 0.3 is 11.9 Å². The molecule has 0 heterocycles. The number of benzene rings is 2. The lowest BCUT2D eigenvalue weighted by molar-refractivity contribution is -0.134. The SMILES string of the molecule is CCCCCCCC(=O)Oc1ccc(-c2ccc(C(=O)OC(C)COCCCC)cc2)cc1. The van der Waals surface area contributed by atoms with Gasteiger partial charge in [-0.3, -0.25) is 4.79 Å². The van der Waals surface area contributed by atoms with Crippen LogP contribution in [0.1, 0.15) is 82.5 Å². The van der Waals surface area contributed by atoms with Gasteiger partial charge in [-0.15, -0.1) is 0 Å². The summed E-state index contributed by atoms with van der Waals surface area (Å²) in [6, 6.07) is 14.7. The molecule has 5 nitrogen and oxygen atoms in total. The maximum atomic E-state index is 12.3. The van der Waals surface area contributed by atoms with Crippen LogP contribution in [0.2, 0.25) is 0 Å². The minimum atomic E-state index is -0.356. The van der Waals surface area contributed by atoms with Crippen LogP contribution in [-0.2, 0) is 14.3 Å². The third kappa shape index (κ3) is 10.2. The van der Waals surface area contributed by atoms with Crippen molar-refractivity contribution in [1.82, 2.24) is 0 Å². The molecule has 2 aromatic carbocycles. The highest BCUT2D eigenvalue weighted by Gasteiger charge is 2.12. The molecular formula is C28H38O5. The molecule has 0 saturated heterocycles. The second-order valence-corrected chi connectivity index (χ2v) is 8.38. The topological polar surface area (TPSA) is 61.8 Å². The Bertz CT molecular complexity index is 826. The number of hydrogen-bond acceptors (Lipinski definition) is 5. The Morgan fingerprint density at radius 1 is 0.788 bits per heavy atom. The Kier molecular flexibility index (Phi) is 12.3. The first-order chi connectivity index (χ1) is 16.0. The molecule has 0 N–H and O–H groups in total. The van der Waals surface area contributed by atoms with Crippen LogP contribution in [0.25, 0.3) is 11.1 Å². The zero-order valence-electron chi connectivity index (χ0n) is 20.3. The van der Waals surface area contributed by atoms with E-state index in [1.807, 2.05) is 31.2 Å². The van der Waals surface area contributed by atoms with Crippen LogP contribution < -0.4 is 4.74 Å². The molecule has 0 aliphatic rings. The molecule has 0 aromatic heterocycles. The molecule has 1 atom stereocenters. The van der Waals surface area contributed by atoms with Gasteiger partial charge in [0.15, 0.2) is 0 Å². The Labute approximate surface area is 198 Å². The minimum Gasteiger partial charge on any atom is -0.457 e. The zero-order chi connectivity index (χ0) is 23.9. The quantitative estimate of drug-likeness (QED) is 0.165. The van der Waals surface area contributed by atoms with Gasteiger partial charge in [0, 0.05) is 13.0 Å². The molecular weight excluding hydrogens is 416 g/mol. The van der Waals surface area contributed by atoms with Crippen molar-refractivity contribution in [2.24, 2.45) is 0 Å². The van der Waals surface area contributed by atoms with Crippen molar-refractivity contribution in [2.75, 3.05) is 13.2 Å². The highest BCUT2D eigenvalue weighted by molar-refractivity contribution is 5.90. The summed E-state index contributed by atoms with van der Waals surface area (Å²) < 4.78 is 16.4. The molecule has 0 aliphatic heterocycles. The van der Waals surface area contributed by atoms with Crippen LogP contribution in [0.5, 0.6) is 5.75 Å². The average molecular weight is 455 g/mol. The van der Waals surface area contributed by atoms with Crippen LogP contribution in [0.4, 0.5) is 0 Å². The van der Waals surface area contributed by atoms with Crippen molar-refractivity contribution in [1.29, 1.82) is 0 Å². The fraction of sp³-hybridized carbons (Fsp3) is 0.500. The van der Waals surface area contributed by atoms with E-state index < -0.39 is 0 Å². The maximum absolute atomic E-state index is 12.3. The zero-order valence-corrected chi connectivity index (χ0v) is 20.3. The third-order valence-corrected chi connectivity index (χ3v) is 5.33. The second kappa shape index (κ2) is 15.2. The molecule has 2 aromatic rings. The number of ether oxygens (including phenoxy) is 3. The maximum Gasteiger partial charge on any atom is 0.338 e. The molecule has 0 saturated carbocycles. The average Bonchev–Trinajstić information content (AvgIpc) is 2.82. The molecule has 180 valence electrons. The van der Waals surface area contributed by atoms with Crippen LogP contribution in [0.15, 0.2) is 48.5 Å². The van der Waals surface area contributed by atoms with Crippen molar-refractivity contribution < 1.29 is 23.8 Å². The van der Waals surface area contributed by atoms with Crippen LogP contribution in [0.3, 0.4) is 0 Å². The largest absolute Gasteiger partial charge is 0.457 e. The summed E-state index contributed by atoms with van der Waals surface area (Å²) in [5, 5.41) is 0. The lowest BCUT2D eigenvalue weighted by atomic mass is 10.0. The molecule has 0 fully saturated rings. The minimum absolute atomic E-state index is 0.188. The van der Waals surface area contributed by atoms with Crippen molar-refractivity contribution in [3.8, 4) is 16.9 Å². The number of rotatable bonds is 15. The highest BCUT2D eigenvalue weighted by Crippen LogP contribution is 2.23. The van der Waals surface area contributed by atoms with Crippen LogP contribution >= 0.6 is 0 Å². The van der Waals surface area contributed by atoms with Gasteiger partial charge in [-0.2, -0.15) is 0 Å². The Morgan fingerprint density at radius 3 is 2.03 bits per heavy atom. The fourth-order valence-electron chi connectivity index (χ4n) is 3.35. The van der Waals surface area contributed by atoms with E-state index in [9.17, 15) is 9.59 Å². The smallest absolute Gasteiger partial charge is 0.338 e. The van der Waals surface area contributed by atoms with Crippen molar-refractivity contribution in [2.45, 2.75) is 78.2 Å². The molecule has 1 unspecified atom stereocenters. The Hall–Kier alpha value is -2.66. The number of carbonyl (C=O) groups is 2. The van der Waals surface area contributed by atoms with Crippen LogP contribution in [-0.4, -0.2) is 31.3 Å². The van der Waals surface area contributed by atoms with Crippen LogP contribution in [0, 0.1) is 0 Å². The van der Waals surface area contributed by atoms with Crippen molar-refractivity contribution in [3.05, 3.63) is 54.1 Å². The number of unbranched alkanes of at least 4 members (excludes halogenated alkanes) is 5. The summed E-state index contributed by atoms with van der Waals surface area (Å²) in [5.41, 5.74) is 2.45. The van der Waals surface area contributed by atoms with E-state index in [0.717, 1.165) is 36.8 Å². The predicted octanol–water partition coefficient (Wildman–Crippen LogP) is 6.98. The van der Waals surface area contributed by atoms with E-state index in [-0.39, 0.29) is 18.0 Å². The number of carbonyl (C=O) groups excluding carboxylic acids is 2. The summed E-state index contributed by atoms with van der Waals surface area (Å²) in [6.45, 7) is 7.20. The van der Waals surface area contributed by atoms with Gasteiger partial charge in [-0.1, -0.05) is 70.2 Å². The summed E-state index contributed by atoms with van der Waals surface area (Å²) in [5.74, 6) is 0.00449. The number of esters is 2. The van der Waals surface area contributed by atoms with E-state index in [2.05, 4.69) is 13.8 Å². The molecule has 0 amide bonds. The van der Waals surface area contributed by atoms with Crippen molar-refractivity contribution in [3.63, 3.8) is 0 Å². The first-order valence-electron chi connectivity index (χ1n) is 12.2. The summed E-state index contributed by atoms with van der Waals surface area (Å²) in [7, 11) is 0. The van der Waals surface area contributed by atoms with E-state index >= 15 is 0 Å². The van der Waals surface area contributed by atoms with Gasteiger partial charge in [0.2, 0.25) is 0 Å². The lowest BCUT2D eigenvalue weighted by Crippen LogP contribution is -2.20. The van der Waals surface area contributed by atoms with E-state index in [1.165, 1.54) is 19.3 Å². The second-order valence-electron chi connectivity index (χ2n) is 8.38. The van der Waals surface area contributed by atoms with Gasteiger partial charge in [0.05, 0.1) is 12.2 Å². The Balaban J connectivity index is 1.81. The van der Waals surface area contributed by atoms with Gasteiger partial charge in [0.25, 0.3) is 0 Å². The molecule has 0 aliphatic carbocycles. The molecule has 0 spiro atoms.